The van der Waals surface area contributed by atoms with Crippen molar-refractivity contribution in [2.45, 2.75) is 39.4 Å². The van der Waals surface area contributed by atoms with Gasteiger partial charge >= 0.3 is 6.18 Å². The number of piperidine rings is 1. The first kappa shape index (κ1) is 24.1. The number of anilines is 1. The van der Waals surface area contributed by atoms with Crippen LogP contribution in [0, 0.1) is 12.8 Å². The largest absolute Gasteiger partial charge is 0.416 e. The Morgan fingerprint density at radius 1 is 1.24 bits per heavy atom. The van der Waals surface area contributed by atoms with Crippen LogP contribution in [0.25, 0.3) is 5.69 Å². The zero-order chi connectivity index (χ0) is 24.5. The van der Waals surface area contributed by atoms with Crippen molar-refractivity contribution < 1.29 is 18.0 Å². The summed E-state index contributed by atoms with van der Waals surface area (Å²) in [5.74, 6) is -0.0399. The number of alkyl halides is 3. The maximum atomic E-state index is 13.1. The molecule has 1 N–H and O–H groups in total. The van der Waals surface area contributed by atoms with Crippen molar-refractivity contribution in [3.8, 4) is 5.69 Å². The van der Waals surface area contributed by atoms with Crippen molar-refractivity contribution in [2.75, 3.05) is 18.4 Å². The molecule has 0 aliphatic carbocycles. The van der Waals surface area contributed by atoms with Crippen LogP contribution in [-0.2, 0) is 12.7 Å². The minimum absolute atomic E-state index is 0.0914. The second-order valence-electron chi connectivity index (χ2n) is 8.52. The number of hydrogen-bond donors (Lipinski definition) is 1. The molecule has 1 fully saturated rings. The van der Waals surface area contributed by atoms with Crippen molar-refractivity contribution in [3.63, 3.8) is 0 Å². The summed E-state index contributed by atoms with van der Waals surface area (Å²) in [7, 11) is 0. The summed E-state index contributed by atoms with van der Waals surface area (Å²) in [6.45, 7) is 6.47. The summed E-state index contributed by atoms with van der Waals surface area (Å²) in [4.78, 5) is 32.0. The fourth-order valence-electron chi connectivity index (χ4n) is 3.82. The lowest BCUT2D eigenvalue weighted by Crippen LogP contribution is -2.32. The number of likely N-dealkylation sites (tertiary alicyclic amines) is 1. The second kappa shape index (κ2) is 9.67. The highest BCUT2D eigenvalue weighted by atomic mass is 32.1. The van der Waals surface area contributed by atoms with Crippen LogP contribution in [0.4, 0.5) is 18.3 Å². The van der Waals surface area contributed by atoms with Gasteiger partial charge in [0.1, 0.15) is 0 Å². The van der Waals surface area contributed by atoms with Crippen molar-refractivity contribution in [3.05, 3.63) is 68.6 Å². The summed E-state index contributed by atoms with van der Waals surface area (Å²) in [6.07, 6.45) is -2.24. The number of thiazole rings is 1. The van der Waals surface area contributed by atoms with E-state index in [1.807, 2.05) is 5.38 Å². The number of nitrogens with one attached hydrogen (secondary N) is 1. The number of benzene rings is 1. The molecule has 2 aromatic heterocycles. The molecule has 180 valence electrons. The summed E-state index contributed by atoms with van der Waals surface area (Å²) in [6, 6.07) is 5.71. The van der Waals surface area contributed by atoms with E-state index in [0.717, 1.165) is 54.4 Å². The standard InChI is InChI=1S/C23H24F3N5O2S/c1-14-6-8-30(9-7-14)12-17-13-34-22(27-17)28-21(33)20-19(32)10-15(2)31(29-20)18-5-3-4-16(11-18)23(24,25)26/h3-5,10-11,13-14H,6-9,12H2,1-2H3,(H,27,28,33). The third kappa shape index (κ3) is 5.53. The van der Waals surface area contributed by atoms with Gasteiger partial charge in [0.15, 0.2) is 10.8 Å². The third-order valence-electron chi connectivity index (χ3n) is 5.77. The van der Waals surface area contributed by atoms with Gasteiger partial charge in [-0.15, -0.1) is 11.3 Å². The first-order valence-corrected chi connectivity index (χ1v) is 11.7. The predicted octanol–water partition coefficient (Wildman–Crippen LogP) is 4.50. The monoisotopic (exact) mass is 491 g/mol. The van der Waals surface area contributed by atoms with Gasteiger partial charge in [0.05, 0.1) is 16.9 Å². The SMILES string of the molecule is Cc1cc(=O)c(C(=O)Nc2nc(CN3CCC(C)CC3)cs2)nn1-c1cccc(C(F)(F)F)c1. The molecule has 0 unspecified atom stereocenters. The van der Waals surface area contributed by atoms with Crippen LogP contribution in [0.5, 0.6) is 0 Å². The molecule has 11 heteroatoms. The molecule has 34 heavy (non-hydrogen) atoms. The van der Waals surface area contributed by atoms with Gasteiger partial charge in [-0.1, -0.05) is 13.0 Å². The van der Waals surface area contributed by atoms with Gasteiger partial charge in [0.25, 0.3) is 5.91 Å². The van der Waals surface area contributed by atoms with Crippen molar-refractivity contribution in [2.24, 2.45) is 5.92 Å². The Kier molecular flexibility index (Phi) is 6.85. The number of carbonyl (C=O) groups is 1. The maximum absolute atomic E-state index is 13.1. The van der Waals surface area contributed by atoms with Gasteiger partial charge in [-0.05, 0) is 57.0 Å². The molecule has 1 saturated heterocycles. The van der Waals surface area contributed by atoms with Gasteiger partial charge in [0, 0.05) is 23.7 Å². The fraction of sp³-hybridized carbons (Fsp3) is 0.391. The number of aromatic nitrogens is 3. The fourth-order valence-corrected chi connectivity index (χ4v) is 4.52. The number of nitrogens with zero attached hydrogens (tertiary/aromatic N) is 4. The molecule has 0 spiro atoms. The number of rotatable bonds is 5. The lowest BCUT2D eigenvalue weighted by molar-refractivity contribution is -0.137. The molecule has 0 radical (unpaired) electrons. The smallest absolute Gasteiger partial charge is 0.297 e. The van der Waals surface area contributed by atoms with E-state index in [0.29, 0.717) is 17.4 Å². The van der Waals surface area contributed by atoms with E-state index in [1.165, 1.54) is 36.5 Å². The predicted molar refractivity (Wildman–Crippen MR) is 123 cm³/mol. The van der Waals surface area contributed by atoms with E-state index in [-0.39, 0.29) is 5.69 Å². The molecule has 1 aromatic carbocycles. The Hall–Kier alpha value is -3.05. The molecule has 0 atom stereocenters. The van der Waals surface area contributed by atoms with Crippen LogP contribution in [0.2, 0.25) is 0 Å². The van der Waals surface area contributed by atoms with E-state index in [1.54, 1.807) is 0 Å². The summed E-state index contributed by atoms with van der Waals surface area (Å²) < 4.78 is 40.5. The van der Waals surface area contributed by atoms with Gasteiger partial charge in [0.2, 0.25) is 5.43 Å². The van der Waals surface area contributed by atoms with Crippen molar-refractivity contribution >= 4 is 22.4 Å². The van der Waals surface area contributed by atoms with Gasteiger partial charge in [-0.3, -0.25) is 19.8 Å². The van der Waals surface area contributed by atoms with E-state index in [9.17, 15) is 22.8 Å². The highest BCUT2D eigenvalue weighted by Gasteiger charge is 2.30. The molecule has 3 aromatic rings. The molecule has 1 aliphatic heterocycles. The minimum atomic E-state index is -4.53. The van der Waals surface area contributed by atoms with Crippen LogP contribution in [0.3, 0.4) is 0 Å². The van der Waals surface area contributed by atoms with Gasteiger partial charge in [-0.2, -0.15) is 18.3 Å². The number of halogens is 3. The Bertz CT molecular complexity index is 1250. The van der Waals surface area contributed by atoms with Crippen LogP contribution in [0.1, 0.15) is 47.2 Å². The first-order valence-electron chi connectivity index (χ1n) is 10.9. The van der Waals surface area contributed by atoms with E-state index in [4.69, 9.17) is 0 Å². The molecule has 7 nitrogen and oxygen atoms in total. The average molecular weight is 492 g/mol. The lowest BCUT2D eigenvalue weighted by atomic mass is 9.99. The molecular formula is C23H24F3N5O2S. The molecule has 1 aliphatic rings. The van der Waals surface area contributed by atoms with Gasteiger partial charge < -0.3 is 0 Å². The van der Waals surface area contributed by atoms with Crippen LogP contribution in [-0.4, -0.2) is 38.7 Å². The molecule has 0 bridgehead atoms. The molecule has 0 saturated carbocycles. The topological polar surface area (TPSA) is 80.1 Å². The quantitative estimate of drug-likeness (QED) is 0.569. The molecule has 1 amide bonds. The Morgan fingerprint density at radius 2 is 1.97 bits per heavy atom. The minimum Gasteiger partial charge on any atom is -0.297 e. The summed E-state index contributed by atoms with van der Waals surface area (Å²) in [5.41, 5.74) is -0.688. The molecular weight excluding hydrogens is 467 g/mol. The van der Waals surface area contributed by atoms with Gasteiger partial charge in [-0.25, -0.2) is 9.67 Å². The highest BCUT2D eigenvalue weighted by molar-refractivity contribution is 7.13. The van der Waals surface area contributed by atoms with Crippen molar-refractivity contribution in [1.82, 2.24) is 19.7 Å². The Labute approximate surface area is 198 Å². The molecule has 3 heterocycles. The van der Waals surface area contributed by atoms with Crippen molar-refractivity contribution in [1.29, 1.82) is 0 Å². The highest BCUT2D eigenvalue weighted by Crippen LogP contribution is 2.30. The molecule has 4 rings (SSSR count). The van der Waals surface area contributed by atoms with Crippen LogP contribution in [0.15, 0.2) is 40.5 Å². The van der Waals surface area contributed by atoms with E-state index < -0.39 is 28.8 Å². The maximum Gasteiger partial charge on any atom is 0.416 e. The van der Waals surface area contributed by atoms with Crippen LogP contribution >= 0.6 is 11.3 Å². The first-order chi connectivity index (χ1) is 16.1. The Balaban J connectivity index is 1.52. The normalized spacial score (nSPS) is 15.4. The Morgan fingerprint density at radius 3 is 2.68 bits per heavy atom. The third-order valence-corrected chi connectivity index (χ3v) is 6.58. The summed E-state index contributed by atoms with van der Waals surface area (Å²) >= 11 is 1.24. The number of aryl methyl sites for hydroxylation is 1. The summed E-state index contributed by atoms with van der Waals surface area (Å²) in [5, 5.41) is 8.84. The van der Waals surface area contributed by atoms with Crippen LogP contribution < -0.4 is 10.7 Å². The number of carbonyl (C=O) groups excluding carboxylic acids is 1. The lowest BCUT2D eigenvalue weighted by Gasteiger charge is -2.29. The zero-order valence-electron chi connectivity index (χ0n) is 18.7. The average Bonchev–Trinajstić information content (AvgIpc) is 3.21. The zero-order valence-corrected chi connectivity index (χ0v) is 19.5. The number of amides is 1. The van der Waals surface area contributed by atoms with E-state index in [2.05, 4.69) is 27.2 Å². The second-order valence-corrected chi connectivity index (χ2v) is 9.37. The number of hydrogen-bond acceptors (Lipinski definition) is 6. The van der Waals surface area contributed by atoms with E-state index >= 15 is 0 Å².